The fraction of sp³-hybridized carbons (Fsp3) is 0.143. The van der Waals surface area contributed by atoms with Crippen LogP contribution in [0.25, 0.3) is 6.08 Å². The van der Waals surface area contributed by atoms with Crippen molar-refractivity contribution < 1.29 is 0 Å². The minimum Gasteiger partial charge on any atom is -0.106 e. The van der Waals surface area contributed by atoms with E-state index in [2.05, 4.69) is 33.6 Å². The van der Waals surface area contributed by atoms with Gasteiger partial charge < -0.3 is 0 Å². The molecule has 76 valence electrons. The Balaban J connectivity index is 0. The van der Waals surface area contributed by atoms with Crippen LogP contribution in [0.1, 0.15) is 18.4 Å². The van der Waals surface area contributed by atoms with Crippen LogP contribution in [-0.4, -0.2) is 0 Å². The molecule has 0 N–H and O–H groups in total. The van der Waals surface area contributed by atoms with E-state index >= 15 is 0 Å². The van der Waals surface area contributed by atoms with Gasteiger partial charge in [0.05, 0.1) is 0 Å². The molecule has 0 unspecified atom stereocenters. The van der Waals surface area contributed by atoms with Gasteiger partial charge in [0, 0.05) is 0 Å². The summed E-state index contributed by atoms with van der Waals surface area (Å²) in [4.78, 5) is 0. The molecule has 0 aromatic heterocycles. The summed E-state index contributed by atoms with van der Waals surface area (Å²) in [5.74, 6) is 0. The Labute approximate surface area is 89.0 Å². The van der Waals surface area contributed by atoms with Crippen molar-refractivity contribution >= 4 is 6.08 Å². The largest absolute Gasteiger partial charge is 0.106 e. The van der Waals surface area contributed by atoms with Crippen molar-refractivity contribution in [2.24, 2.45) is 0 Å². The molecule has 0 aliphatic rings. The Morgan fingerprint density at radius 2 is 1.36 bits per heavy atom. The van der Waals surface area contributed by atoms with Gasteiger partial charge in [-0.15, -0.1) is 13.2 Å². The van der Waals surface area contributed by atoms with Gasteiger partial charge in [-0.1, -0.05) is 69.7 Å². The molecule has 1 aromatic rings. The third-order valence-corrected chi connectivity index (χ3v) is 1.29. The summed E-state index contributed by atoms with van der Waals surface area (Å²) in [5.41, 5.74) is 1.17. The van der Waals surface area contributed by atoms with E-state index in [1.807, 2.05) is 36.4 Å². The molecular formula is C14H20. The van der Waals surface area contributed by atoms with Crippen LogP contribution in [0, 0.1) is 13.8 Å². The van der Waals surface area contributed by atoms with Gasteiger partial charge in [0.25, 0.3) is 0 Å². The third-order valence-electron chi connectivity index (χ3n) is 1.29. The first-order valence-electron chi connectivity index (χ1n) is 4.61. The molecule has 2 radical (unpaired) electrons. The van der Waals surface area contributed by atoms with E-state index in [4.69, 9.17) is 0 Å². The Bertz CT molecular complexity index is 197. The molecule has 0 aliphatic heterocycles. The first-order chi connectivity index (χ1) is 6.85. The molecule has 0 bridgehead atoms. The highest BCUT2D eigenvalue weighted by Gasteiger charge is 1.75. The predicted molar refractivity (Wildman–Crippen MR) is 67.7 cm³/mol. The van der Waals surface area contributed by atoms with Gasteiger partial charge in [-0.05, 0) is 5.56 Å². The molecule has 0 amide bonds. The molecule has 0 fully saturated rings. The first kappa shape index (κ1) is 15.2. The number of hydrogen-bond acceptors (Lipinski definition) is 0. The molecule has 0 saturated heterocycles. The highest BCUT2D eigenvalue weighted by Crippen LogP contribution is 1.97. The number of benzene rings is 1. The van der Waals surface area contributed by atoms with Gasteiger partial charge in [-0.25, -0.2) is 0 Å². The fourth-order valence-corrected chi connectivity index (χ4v) is 0.589. The van der Waals surface area contributed by atoms with Crippen LogP contribution in [0.3, 0.4) is 0 Å². The van der Waals surface area contributed by atoms with Gasteiger partial charge in [0.1, 0.15) is 0 Å². The maximum Gasteiger partial charge on any atom is -0.0263 e. The van der Waals surface area contributed by atoms with E-state index < -0.39 is 0 Å². The molecule has 0 heteroatoms. The second kappa shape index (κ2) is 14.2. The van der Waals surface area contributed by atoms with E-state index in [1.165, 1.54) is 5.56 Å². The standard InChI is InChI=1S/C8H8.C4H8.C2H4/c1-2-8-6-4-3-5-7-8;1-3-4-2;1-2/h2-7H,1H2;1-4H2;1-2H2. The molecule has 0 nitrogen and oxygen atoms in total. The van der Waals surface area contributed by atoms with Gasteiger partial charge >= 0.3 is 0 Å². The average molecular weight is 188 g/mol. The van der Waals surface area contributed by atoms with Crippen molar-refractivity contribution in [3.63, 3.8) is 0 Å². The summed E-state index contributed by atoms with van der Waals surface area (Å²) >= 11 is 0. The number of rotatable bonds is 2. The Morgan fingerprint density at radius 1 is 0.929 bits per heavy atom. The summed E-state index contributed by atoms with van der Waals surface area (Å²) in [7, 11) is 0. The molecule has 0 saturated carbocycles. The SMILES string of the molecule is C=C.C=Cc1ccccc1.[CH2]CC[CH2]. The molecule has 1 aromatic carbocycles. The van der Waals surface area contributed by atoms with Crippen LogP contribution in [0.15, 0.2) is 50.1 Å². The summed E-state index contributed by atoms with van der Waals surface area (Å²) in [5, 5.41) is 0. The molecular weight excluding hydrogens is 168 g/mol. The van der Waals surface area contributed by atoms with Crippen molar-refractivity contribution in [2.75, 3.05) is 0 Å². The van der Waals surface area contributed by atoms with Crippen LogP contribution in [-0.2, 0) is 0 Å². The molecule has 0 aliphatic carbocycles. The van der Waals surface area contributed by atoms with Crippen molar-refractivity contribution in [1.29, 1.82) is 0 Å². The van der Waals surface area contributed by atoms with Crippen molar-refractivity contribution in [1.82, 2.24) is 0 Å². The van der Waals surface area contributed by atoms with E-state index in [0.29, 0.717) is 0 Å². The zero-order chi connectivity index (χ0) is 11.2. The lowest BCUT2D eigenvalue weighted by Gasteiger charge is -1.85. The minimum atomic E-state index is 0.958. The monoisotopic (exact) mass is 188 g/mol. The summed E-state index contributed by atoms with van der Waals surface area (Å²) in [6, 6.07) is 10.0. The zero-order valence-corrected chi connectivity index (χ0v) is 8.91. The second-order valence-corrected chi connectivity index (χ2v) is 2.32. The van der Waals surface area contributed by atoms with E-state index in [-0.39, 0.29) is 0 Å². The maximum absolute atomic E-state index is 3.63. The van der Waals surface area contributed by atoms with Crippen molar-refractivity contribution in [3.05, 3.63) is 69.5 Å². The lowest BCUT2D eigenvalue weighted by atomic mass is 10.2. The zero-order valence-electron chi connectivity index (χ0n) is 8.91. The molecule has 0 atom stereocenters. The highest BCUT2D eigenvalue weighted by atomic mass is 13.8. The topological polar surface area (TPSA) is 0 Å². The normalized spacial score (nSPS) is 7.29. The highest BCUT2D eigenvalue weighted by molar-refractivity contribution is 5.45. The number of hydrogen-bond donors (Lipinski definition) is 0. The van der Waals surface area contributed by atoms with Gasteiger partial charge in [-0.3, -0.25) is 0 Å². The van der Waals surface area contributed by atoms with Crippen LogP contribution in [0.4, 0.5) is 0 Å². The van der Waals surface area contributed by atoms with Crippen molar-refractivity contribution in [3.8, 4) is 0 Å². The molecule has 0 heterocycles. The van der Waals surface area contributed by atoms with E-state index in [0.717, 1.165) is 12.8 Å². The lowest BCUT2D eigenvalue weighted by molar-refractivity contribution is 1.05. The number of unbranched alkanes of at least 4 members (excludes halogenated alkanes) is 1. The summed E-state index contributed by atoms with van der Waals surface area (Å²) in [6.45, 7) is 16.7. The third kappa shape index (κ3) is 10.7. The molecule has 14 heavy (non-hydrogen) atoms. The average Bonchev–Trinajstić information content (AvgIpc) is 2.33. The van der Waals surface area contributed by atoms with E-state index in [1.54, 1.807) is 0 Å². The van der Waals surface area contributed by atoms with Crippen LogP contribution in [0.2, 0.25) is 0 Å². The minimum absolute atomic E-state index is 0.958. The summed E-state index contributed by atoms with van der Waals surface area (Å²) < 4.78 is 0. The Hall–Kier alpha value is -1.30. The van der Waals surface area contributed by atoms with Crippen LogP contribution in [0.5, 0.6) is 0 Å². The van der Waals surface area contributed by atoms with Crippen LogP contribution >= 0.6 is 0 Å². The second-order valence-electron chi connectivity index (χ2n) is 2.32. The smallest absolute Gasteiger partial charge is 0.0263 e. The van der Waals surface area contributed by atoms with Gasteiger partial charge in [-0.2, -0.15) is 0 Å². The van der Waals surface area contributed by atoms with Crippen molar-refractivity contribution in [2.45, 2.75) is 12.8 Å². The maximum atomic E-state index is 3.63. The molecule has 0 spiro atoms. The first-order valence-corrected chi connectivity index (χ1v) is 4.61. The Morgan fingerprint density at radius 3 is 1.57 bits per heavy atom. The fourth-order valence-electron chi connectivity index (χ4n) is 0.589. The summed E-state index contributed by atoms with van der Waals surface area (Å²) in [6.07, 6.45) is 3.75. The lowest BCUT2D eigenvalue weighted by Crippen LogP contribution is -1.63. The Kier molecular flexibility index (Phi) is 15.4. The quantitative estimate of drug-likeness (QED) is 0.596. The predicted octanol–water partition coefficient (Wildman–Crippen LogP) is 4.57. The van der Waals surface area contributed by atoms with Gasteiger partial charge in [0.2, 0.25) is 0 Å². The molecule has 1 rings (SSSR count). The van der Waals surface area contributed by atoms with E-state index in [9.17, 15) is 0 Å². The van der Waals surface area contributed by atoms with Gasteiger partial charge in [0.15, 0.2) is 0 Å². The van der Waals surface area contributed by atoms with Crippen LogP contribution < -0.4 is 0 Å².